The molecule has 0 aliphatic heterocycles. The molecule has 0 bridgehead atoms. The fourth-order valence-electron chi connectivity index (χ4n) is 3.99. The maximum Gasteiger partial charge on any atom is 0.119 e. The van der Waals surface area contributed by atoms with Crippen molar-refractivity contribution in [3.05, 3.63) is 70.3 Å². The third-order valence-electron chi connectivity index (χ3n) is 6.68. The normalized spacial score (nSPS) is 13.2. The topological polar surface area (TPSA) is 69.9 Å². The molecule has 4 heteroatoms. The molecule has 3 N–H and O–H groups in total. The first-order valence-electron chi connectivity index (χ1n) is 11.8. The highest BCUT2D eigenvalue weighted by Crippen LogP contribution is 2.34. The number of hydrogen-bond acceptors (Lipinski definition) is 4. The van der Waals surface area contributed by atoms with E-state index in [1.54, 1.807) is 0 Å². The van der Waals surface area contributed by atoms with Crippen LogP contribution in [0.25, 0.3) is 6.08 Å². The van der Waals surface area contributed by atoms with E-state index in [-0.39, 0.29) is 24.5 Å². The van der Waals surface area contributed by atoms with Gasteiger partial charge in [0, 0.05) is 5.41 Å². The van der Waals surface area contributed by atoms with Gasteiger partial charge in [-0.05, 0) is 65.1 Å². The van der Waals surface area contributed by atoms with Crippen LogP contribution in [0.5, 0.6) is 5.75 Å². The van der Waals surface area contributed by atoms with Gasteiger partial charge in [0.05, 0.1) is 25.9 Å². The Hall–Kier alpha value is -2.14. The number of aryl methyl sites for hydroxylation is 1. The van der Waals surface area contributed by atoms with E-state index in [1.807, 2.05) is 44.2 Å². The van der Waals surface area contributed by atoms with Crippen LogP contribution in [-0.2, 0) is 25.0 Å². The first-order chi connectivity index (χ1) is 15.3. The SMILES string of the molecule is CCc1cc(C(CC)(CC)COc2ccc(CO)c(CO)c2)ccc1C=CC(O)C(C)C. The average Bonchev–Trinajstić information content (AvgIpc) is 2.83. The fraction of sp³-hybridized carbons (Fsp3) is 0.500. The monoisotopic (exact) mass is 440 g/mol. The zero-order chi connectivity index (χ0) is 23.7. The molecule has 0 aliphatic carbocycles. The Labute approximate surface area is 193 Å². The molecule has 176 valence electrons. The molecular formula is C28H40O4. The van der Waals surface area contributed by atoms with Crippen LogP contribution in [0.4, 0.5) is 0 Å². The number of aliphatic hydroxyl groups excluding tert-OH is 3. The Balaban J connectivity index is 2.30. The molecule has 1 unspecified atom stereocenters. The van der Waals surface area contributed by atoms with Gasteiger partial charge in [-0.3, -0.25) is 0 Å². The van der Waals surface area contributed by atoms with Crippen molar-refractivity contribution in [1.29, 1.82) is 0 Å². The number of ether oxygens (including phenoxy) is 1. The van der Waals surface area contributed by atoms with Gasteiger partial charge < -0.3 is 20.1 Å². The lowest BCUT2D eigenvalue weighted by molar-refractivity contribution is 0.173. The molecule has 32 heavy (non-hydrogen) atoms. The van der Waals surface area contributed by atoms with Gasteiger partial charge in [0.2, 0.25) is 0 Å². The van der Waals surface area contributed by atoms with Crippen molar-refractivity contribution in [1.82, 2.24) is 0 Å². The smallest absolute Gasteiger partial charge is 0.119 e. The van der Waals surface area contributed by atoms with Crippen molar-refractivity contribution in [2.24, 2.45) is 5.92 Å². The van der Waals surface area contributed by atoms with E-state index >= 15 is 0 Å². The first-order valence-corrected chi connectivity index (χ1v) is 11.8. The summed E-state index contributed by atoms with van der Waals surface area (Å²) in [4.78, 5) is 0. The van der Waals surface area contributed by atoms with Crippen LogP contribution >= 0.6 is 0 Å². The van der Waals surface area contributed by atoms with Crippen molar-refractivity contribution in [2.75, 3.05) is 6.61 Å². The summed E-state index contributed by atoms with van der Waals surface area (Å²) in [5, 5.41) is 29.1. The summed E-state index contributed by atoms with van der Waals surface area (Å²) < 4.78 is 6.22. The van der Waals surface area contributed by atoms with Crippen molar-refractivity contribution in [3.63, 3.8) is 0 Å². The van der Waals surface area contributed by atoms with Gasteiger partial charge in [0.15, 0.2) is 0 Å². The Morgan fingerprint density at radius 2 is 1.59 bits per heavy atom. The summed E-state index contributed by atoms with van der Waals surface area (Å²) in [6.45, 7) is 10.9. The number of benzene rings is 2. The number of hydrogen-bond donors (Lipinski definition) is 3. The van der Waals surface area contributed by atoms with Crippen molar-refractivity contribution < 1.29 is 20.1 Å². The molecule has 1 atom stereocenters. The van der Waals surface area contributed by atoms with Crippen LogP contribution < -0.4 is 4.74 Å². The van der Waals surface area contributed by atoms with Crippen LogP contribution in [-0.4, -0.2) is 28.0 Å². The zero-order valence-corrected chi connectivity index (χ0v) is 20.3. The molecule has 2 aromatic carbocycles. The first kappa shape index (κ1) is 26.1. The minimum absolute atomic E-state index is 0.0984. The van der Waals surface area contributed by atoms with E-state index in [0.717, 1.165) is 30.4 Å². The summed E-state index contributed by atoms with van der Waals surface area (Å²) in [5.74, 6) is 0.897. The van der Waals surface area contributed by atoms with E-state index in [2.05, 4.69) is 39.0 Å². The van der Waals surface area contributed by atoms with E-state index in [9.17, 15) is 15.3 Å². The molecular weight excluding hydrogens is 400 g/mol. The van der Waals surface area contributed by atoms with E-state index in [0.29, 0.717) is 17.9 Å². The number of aliphatic hydroxyl groups is 3. The molecule has 0 fully saturated rings. The minimum Gasteiger partial charge on any atom is -0.493 e. The second-order valence-corrected chi connectivity index (χ2v) is 8.88. The van der Waals surface area contributed by atoms with Gasteiger partial charge >= 0.3 is 0 Å². The highest BCUT2D eigenvalue weighted by molar-refractivity contribution is 5.56. The maximum atomic E-state index is 10.1. The molecule has 4 nitrogen and oxygen atoms in total. The van der Waals surface area contributed by atoms with Crippen LogP contribution in [0.15, 0.2) is 42.5 Å². The summed E-state index contributed by atoms with van der Waals surface area (Å²) in [7, 11) is 0. The molecule has 0 amide bonds. The molecule has 0 saturated carbocycles. The van der Waals surface area contributed by atoms with Gasteiger partial charge in [-0.1, -0.05) is 71.0 Å². The lowest BCUT2D eigenvalue weighted by Crippen LogP contribution is -2.32. The molecule has 0 aromatic heterocycles. The Morgan fingerprint density at radius 3 is 2.16 bits per heavy atom. The summed E-state index contributed by atoms with van der Waals surface area (Å²) in [6.07, 6.45) is 6.26. The Morgan fingerprint density at radius 1 is 0.906 bits per heavy atom. The predicted molar refractivity (Wildman–Crippen MR) is 132 cm³/mol. The maximum absolute atomic E-state index is 10.1. The van der Waals surface area contributed by atoms with Crippen molar-refractivity contribution in [2.45, 2.75) is 78.6 Å². The van der Waals surface area contributed by atoms with Crippen LogP contribution in [0.1, 0.15) is 75.3 Å². The minimum atomic E-state index is -0.445. The summed E-state index contributed by atoms with van der Waals surface area (Å²) in [5.41, 5.74) is 4.95. The van der Waals surface area contributed by atoms with E-state index in [4.69, 9.17) is 4.74 Å². The highest BCUT2D eigenvalue weighted by Gasteiger charge is 2.30. The lowest BCUT2D eigenvalue weighted by Gasteiger charge is -2.33. The van der Waals surface area contributed by atoms with Crippen LogP contribution in [0.2, 0.25) is 0 Å². The van der Waals surface area contributed by atoms with Gasteiger partial charge in [0.25, 0.3) is 0 Å². The molecule has 0 radical (unpaired) electrons. The van der Waals surface area contributed by atoms with Gasteiger partial charge in [-0.15, -0.1) is 0 Å². The lowest BCUT2D eigenvalue weighted by atomic mass is 9.75. The molecule has 0 heterocycles. The average molecular weight is 441 g/mol. The van der Waals surface area contributed by atoms with E-state index in [1.165, 1.54) is 11.1 Å². The van der Waals surface area contributed by atoms with Crippen LogP contribution in [0.3, 0.4) is 0 Å². The molecule has 2 rings (SSSR count). The van der Waals surface area contributed by atoms with Crippen molar-refractivity contribution in [3.8, 4) is 5.75 Å². The summed E-state index contributed by atoms with van der Waals surface area (Å²) >= 11 is 0. The zero-order valence-electron chi connectivity index (χ0n) is 20.3. The second kappa shape index (κ2) is 12.2. The molecule has 0 spiro atoms. The van der Waals surface area contributed by atoms with Gasteiger partial charge in [-0.25, -0.2) is 0 Å². The third-order valence-corrected chi connectivity index (χ3v) is 6.68. The highest BCUT2D eigenvalue weighted by atomic mass is 16.5. The van der Waals surface area contributed by atoms with Crippen molar-refractivity contribution >= 4 is 6.08 Å². The molecule has 0 aliphatic rings. The second-order valence-electron chi connectivity index (χ2n) is 8.88. The fourth-order valence-corrected chi connectivity index (χ4v) is 3.99. The van der Waals surface area contributed by atoms with Gasteiger partial charge in [-0.2, -0.15) is 0 Å². The Bertz CT molecular complexity index is 881. The number of rotatable bonds is 12. The standard InChI is InChI=1S/C28H40O4/c1-6-21-15-25(12-9-22(21)11-14-27(31)20(4)5)28(7-2,8-3)19-32-26-13-10-23(17-29)24(16-26)18-30/h9-16,20,27,29-31H,6-8,17-19H2,1-5H3. The quantitative estimate of drug-likeness (QED) is 0.413. The molecule has 2 aromatic rings. The van der Waals surface area contributed by atoms with Gasteiger partial charge in [0.1, 0.15) is 5.75 Å². The largest absolute Gasteiger partial charge is 0.493 e. The summed E-state index contributed by atoms with van der Waals surface area (Å²) in [6, 6.07) is 12.1. The predicted octanol–water partition coefficient (Wildman–Crippen LogP) is 5.40. The Kier molecular flexibility index (Phi) is 9.95. The van der Waals surface area contributed by atoms with Crippen LogP contribution in [0, 0.1) is 5.92 Å². The van der Waals surface area contributed by atoms with E-state index < -0.39 is 6.10 Å². The molecule has 0 saturated heterocycles. The third kappa shape index (κ3) is 6.22.